The number of benzene rings is 3. The molecule has 0 bridgehead atoms. The van der Waals surface area contributed by atoms with Gasteiger partial charge in [0.1, 0.15) is 11.3 Å². The third-order valence-electron chi connectivity index (χ3n) is 5.30. The van der Waals surface area contributed by atoms with Crippen molar-refractivity contribution in [3.8, 4) is 22.8 Å². The lowest BCUT2D eigenvalue weighted by Crippen LogP contribution is -2.22. The molecule has 0 aliphatic carbocycles. The molecule has 1 amide bonds. The Labute approximate surface area is 198 Å². The minimum absolute atomic E-state index is 0.0396. The maximum atomic E-state index is 13.2. The molecule has 5 rings (SSSR count). The van der Waals surface area contributed by atoms with E-state index in [1.165, 1.54) is 11.3 Å². The van der Waals surface area contributed by atoms with Crippen molar-refractivity contribution < 1.29 is 18.7 Å². The molecule has 0 aliphatic heterocycles. The van der Waals surface area contributed by atoms with Gasteiger partial charge in [0.25, 0.3) is 5.91 Å². The lowest BCUT2D eigenvalue weighted by molar-refractivity contribution is -0.118. The predicted octanol–water partition coefficient (Wildman–Crippen LogP) is 5.40. The number of hydrogen-bond acceptors (Lipinski definition) is 7. The average Bonchev–Trinajstić information content (AvgIpc) is 3.27. The highest BCUT2D eigenvalue weighted by Gasteiger charge is 2.19. The van der Waals surface area contributed by atoms with Crippen LogP contribution in [0.3, 0.4) is 0 Å². The molecular weight excluding hydrogens is 452 g/mol. The standard InChI is InChI=1S/C26H20N2O5S/c1-15-7-5-12-20-22(15)28-26(34-20)27-21(29)14-32-25-23(30)18-10-3-4-11-19(18)33-24(25)16-8-6-9-17(13-16)31-2/h3-13H,14H2,1-2H3,(H,27,28,29). The van der Waals surface area contributed by atoms with Gasteiger partial charge in [-0.25, -0.2) is 4.98 Å². The van der Waals surface area contributed by atoms with Gasteiger partial charge in [0, 0.05) is 5.56 Å². The van der Waals surface area contributed by atoms with Crippen LogP contribution in [0.4, 0.5) is 5.13 Å². The summed E-state index contributed by atoms with van der Waals surface area (Å²) in [6.07, 6.45) is 0. The maximum Gasteiger partial charge on any atom is 0.264 e. The van der Waals surface area contributed by atoms with Crippen molar-refractivity contribution in [1.29, 1.82) is 0 Å². The van der Waals surface area contributed by atoms with E-state index < -0.39 is 5.91 Å². The quantitative estimate of drug-likeness (QED) is 0.356. The number of aromatic nitrogens is 1. The fraction of sp³-hybridized carbons (Fsp3) is 0.115. The number of carbonyl (C=O) groups excluding carboxylic acids is 1. The Morgan fingerprint density at radius 2 is 1.91 bits per heavy atom. The summed E-state index contributed by atoms with van der Waals surface area (Å²) in [6.45, 7) is 1.59. The first-order valence-corrected chi connectivity index (χ1v) is 11.3. The number of carbonyl (C=O) groups is 1. The normalized spacial score (nSPS) is 11.0. The minimum atomic E-state index is -0.430. The molecule has 170 valence electrons. The van der Waals surface area contributed by atoms with Gasteiger partial charge in [-0.15, -0.1) is 0 Å². The third-order valence-corrected chi connectivity index (χ3v) is 6.24. The number of amides is 1. The zero-order chi connectivity index (χ0) is 23.7. The summed E-state index contributed by atoms with van der Waals surface area (Å²) in [5, 5.41) is 3.59. The van der Waals surface area contributed by atoms with E-state index in [0.29, 0.717) is 27.4 Å². The van der Waals surface area contributed by atoms with Crippen LogP contribution in [0.15, 0.2) is 75.9 Å². The van der Waals surface area contributed by atoms with Gasteiger partial charge in [-0.3, -0.25) is 14.9 Å². The Bertz CT molecular complexity index is 1590. The van der Waals surface area contributed by atoms with Crippen molar-refractivity contribution in [2.75, 3.05) is 19.0 Å². The Kier molecular flexibility index (Phi) is 5.73. The smallest absolute Gasteiger partial charge is 0.264 e. The summed E-state index contributed by atoms with van der Waals surface area (Å²) >= 11 is 1.38. The maximum absolute atomic E-state index is 13.2. The van der Waals surface area contributed by atoms with Crippen LogP contribution in [0.25, 0.3) is 32.5 Å². The molecule has 0 atom stereocenters. The molecule has 7 nitrogen and oxygen atoms in total. The second-order valence-corrected chi connectivity index (χ2v) is 8.63. The Morgan fingerprint density at radius 3 is 2.74 bits per heavy atom. The zero-order valence-corrected chi connectivity index (χ0v) is 19.3. The number of thiazole rings is 1. The first kappa shape index (κ1) is 21.7. The van der Waals surface area contributed by atoms with Crippen LogP contribution in [0.1, 0.15) is 5.56 Å². The number of nitrogens with zero attached hydrogens (tertiary/aromatic N) is 1. The summed E-state index contributed by atoms with van der Waals surface area (Å²) < 4.78 is 18.1. The zero-order valence-electron chi connectivity index (χ0n) is 18.5. The number of ether oxygens (including phenoxy) is 2. The van der Waals surface area contributed by atoms with Crippen LogP contribution in [-0.2, 0) is 4.79 Å². The molecule has 0 fully saturated rings. The molecule has 2 heterocycles. The molecule has 0 saturated heterocycles. The van der Waals surface area contributed by atoms with Crippen LogP contribution in [-0.4, -0.2) is 24.6 Å². The van der Waals surface area contributed by atoms with E-state index >= 15 is 0 Å². The van der Waals surface area contributed by atoms with Gasteiger partial charge < -0.3 is 13.9 Å². The van der Waals surface area contributed by atoms with Crippen molar-refractivity contribution in [2.45, 2.75) is 6.92 Å². The van der Waals surface area contributed by atoms with Gasteiger partial charge >= 0.3 is 0 Å². The van der Waals surface area contributed by atoms with Crippen LogP contribution in [0.2, 0.25) is 0 Å². The molecule has 2 aromatic heterocycles. The van der Waals surface area contributed by atoms with E-state index in [9.17, 15) is 9.59 Å². The Morgan fingerprint density at radius 1 is 1.09 bits per heavy atom. The number of para-hydroxylation sites is 2. The number of anilines is 1. The van der Waals surface area contributed by atoms with Crippen molar-refractivity contribution >= 4 is 43.6 Å². The monoisotopic (exact) mass is 472 g/mol. The van der Waals surface area contributed by atoms with E-state index in [1.807, 2.05) is 25.1 Å². The molecule has 0 unspecified atom stereocenters. The molecule has 0 spiro atoms. The van der Waals surface area contributed by atoms with Gasteiger partial charge in [-0.2, -0.15) is 0 Å². The molecule has 0 aliphatic rings. The van der Waals surface area contributed by atoms with Crippen LogP contribution in [0.5, 0.6) is 11.5 Å². The van der Waals surface area contributed by atoms with Crippen LogP contribution < -0.4 is 20.2 Å². The highest BCUT2D eigenvalue weighted by atomic mass is 32.1. The lowest BCUT2D eigenvalue weighted by Gasteiger charge is -2.12. The second-order valence-electron chi connectivity index (χ2n) is 7.60. The molecular formula is C26H20N2O5S. The third kappa shape index (κ3) is 4.11. The number of methoxy groups -OCH3 is 1. The van der Waals surface area contributed by atoms with Crippen LogP contribution in [0, 0.1) is 6.92 Å². The number of rotatable bonds is 6. The SMILES string of the molecule is COc1cccc(-c2oc3ccccc3c(=O)c2OCC(=O)Nc2nc3c(C)cccc3s2)c1. The van der Waals surface area contributed by atoms with E-state index in [1.54, 1.807) is 55.6 Å². The summed E-state index contributed by atoms with van der Waals surface area (Å²) in [6, 6.07) is 19.9. The summed E-state index contributed by atoms with van der Waals surface area (Å²) in [5.74, 6) is 0.359. The van der Waals surface area contributed by atoms with Gasteiger partial charge in [0.2, 0.25) is 11.2 Å². The molecule has 34 heavy (non-hydrogen) atoms. The summed E-state index contributed by atoms with van der Waals surface area (Å²) in [5.41, 5.74) is 2.54. The van der Waals surface area contributed by atoms with E-state index in [0.717, 1.165) is 15.8 Å². The van der Waals surface area contributed by atoms with E-state index in [-0.39, 0.29) is 23.5 Å². The molecule has 5 aromatic rings. The van der Waals surface area contributed by atoms with Crippen molar-refractivity contribution in [3.63, 3.8) is 0 Å². The van der Waals surface area contributed by atoms with E-state index in [4.69, 9.17) is 13.9 Å². The number of aryl methyl sites for hydroxylation is 1. The lowest BCUT2D eigenvalue weighted by atomic mass is 10.1. The second kappa shape index (κ2) is 8.99. The first-order chi connectivity index (χ1) is 16.5. The van der Waals surface area contributed by atoms with Crippen LogP contribution >= 0.6 is 11.3 Å². The number of hydrogen-bond donors (Lipinski definition) is 1. The Balaban J connectivity index is 1.46. The van der Waals surface area contributed by atoms with Crippen molar-refractivity contribution in [3.05, 3.63) is 82.5 Å². The molecule has 8 heteroatoms. The van der Waals surface area contributed by atoms with Gasteiger partial charge in [-0.05, 0) is 42.8 Å². The molecule has 3 aromatic carbocycles. The summed E-state index contributed by atoms with van der Waals surface area (Å²) in [4.78, 5) is 30.4. The Hall–Kier alpha value is -4.17. The largest absolute Gasteiger partial charge is 0.497 e. The highest BCUT2D eigenvalue weighted by molar-refractivity contribution is 7.22. The molecule has 0 radical (unpaired) electrons. The topological polar surface area (TPSA) is 90.7 Å². The first-order valence-electron chi connectivity index (χ1n) is 10.5. The van der Waals surface area contributed by atoms with E-state index in [2.05, 4.69) is 10.3 Å². The minimum Gasteiger partial charge on any atom is -0.497 e. The molecule has 1 N–H and O–H groups in total. The van der Waals surface area contributed by atoms with Gasteiger partial charge in [-0.1, -0.05) is 47.7 Å². The fourth-order valence-electron chi connectivity index (χ4n) is 3.64. The number of fused-ring (bicyclic) bond motifs is 2. The van der Waals surface area contributed by atoms with Crippen molar-refractivity contribution in [2.24, 2.45) is 0 Å². The number of nitrogens with one attached hydrogen (secondary N) is 1. The van der Waals surface area contributed by atoms with Gasteiger partial charge in [0.15, 0.2) is 17.5 Å². The predicted molar refractivity (Wildman–Crippen MR) is 133 cm³/mol. The molecule has 0 saturated carbocycles. The van der Waals surface area contributed by atoms with Crippen molar-refractivity contribution in [1.82, 2.24) is 4.98 Å². The average molecular weight is 473 g/mol. The van der Waals surface area contributed by atoms with Gasteiger partial charge in [0.05, 0.1) is 22.7 Å². The highest BCUT2D eigenvalue weighted by Crippen LogP contribution is 2.33. The summed E-state index contributed by atoms with van der Waals surface area (Å²) in [7, 11) is 1.56. The fourth-order valence-corrected chi connectivity index (χ4v) is 4.60.